The highest BCUT2D eigenvalue weighted by Gasteiger charge is 2.26. The van der Waals surface area contributed by atoms with Crippen molar-refractivity contribution in [1.82, 2.24) is 15.5 Å². The number of rotatable bonds is 8. The minimum Gasteiger partial charge on any atom is -0.489 e. The molecule has 0 amide bonds. The van der Waals surface area contributed by atoms with Gasteiger partial charge in [-0.1, -0.05) is 23.4 Å². The molecule has 1 aromatic heterocycles. The van der Waals surface area contributed by atoms with Crippen molar-refractivity contribution in [3.8, 4) is 28.6 Å². The Hall–Kier alpha value is -2.94. The van der Waals surface area contributed by atoms with E-state index in [0.29, 0.717) is 29.7 Å². The molecule has 8 heteroatoms. The molecule has 0 fully saturated rings. The molecule has 0 radical (unpaired) electrons. The molecule has 1 unspecified atom stereocenters. The second kappa shape index (κ2) is 9.05. The summed E-state index contributed by atoms with van der Waals surface area (Å²) in [6.45, 7) is 3.98. The first-order chi connectivity index (χ1) is 15.0. The third-order valence-electron chi connectivity index (χ3n) is 5.37. The molecule has 0 aliphatic heterocycles. The molecule has 2 atom stereocenters. The Balaban J connectivity index is 1.57. The zero-order valence-corrected chi connectivity index (χ0v) is 17.7. The molecule has 0 bridgehead atoms. The first-order valence-electron chi connectivity index (χ1n) is 10.5. The highest BCUT2D eigenvalue weighted by molar-refractivity contribution is 5.69. The van der Waals surface area contributed by atoms with Gasteiger partial charge in [-0.15, -0.1) is 0 Å². The molecule has 2 aromatic carbocycles. The van der Waals surface area contributed by atoms with Crippen LogP contribution in [0, 0.1) is 0 Å². The average molecular weight is 425 g/mol. The first kappa shape index (κ1) is 21.3. The van der Waals surface area contributed by atoms with Crippen molar-refractivity contribution < 1.29 is 19.5 Å². The van der Waals surface area contributed by atoms with E-state index in [4.69, 9.17) is 20.1 Å². The maximum absolute atomic E-state index is 9.63. The number of ether oxygens (including phenoxy) is 1. The van der Waals surface area contributed by atoms with E-state index in [0.717, 1.165) is 29.5 Å². The maximum atomic E-state index is 9.63. The third-order valence-corrected chi connectivity index (χ3v) is 5.37. The van der Waals surface area contributed by atoms with Gasteiger partial charge in [0.1, 0.15) is 5.75 Å². The maximum Gasteiger partial charge on any atom is 0.258 e. The number of aliphatic hydroxyl groups excluding tert-OH is 2. The summed E-state index contributed by atoms with van der Waals surface area (Å²) < 4.78 is 11.2. The van der Waals surface area contributed by atoms with Crippen LogP contribution in [0.1, 0.15) is 37.4 Å². The van der Waals surface area contributed by atoms with Crippen LogP contribution in [0.25, 0.3) is 22.8 Å². The quantitative estimate of drug-likeness (QED) is 0.407. The molecule has 0 spiro atoms. The van der Waals surface area contributed by atoms with Gasteiger partial charge in [-0.2, -0.15) is 4.98 Å². The standard InChI is InChI=1S/C23H28N4O4/c1-13(2)30-21-9-6-14(10-19(21)24)23-26-22(27-31-23)18-5-3-4-17-16(18)7-8-20(17)25-11-15(29)12-28/h3-6,9-10,13,15,20,25,28-29H,7-8,11-12,24H2,1-2H3/t15-,20?/m1/s1. The fourth-order valence-corrected chi connectivity index (χ4v) is 3.91. The van der Waals surface area contributed by atoms with E-state index >= 15 is 0 Å². The van der Waals surface area contributed by atoms with Crippen molar-refractivity contribution in [3.63, 3.8) is 0 Å². The highest BCUT2D eigenvalue weighted by atomic mass is 16.5. The summed E-state index contributed by atoms with van der Waals surface area (Å²) in [7, 11) is 0. The SMILES string of the molecule is CC(C)Oc1ccc(-c2nc(-c3cccc4c3CCC4NC[C@@H](O)CO)no2)cc1N. The monoisotopic (exact) mass is 424 g/mol. The number of nitrogens with two attached hydrogens (primary N) is 1. The van der Waals surface area contributed by atoms with Gasteiger partial charge < -0.3 is 30.5 Å². The Morgan fingerprint density at radius 3 is 2.87 bits per heavy atom. The number of nitrogens with zero attached hydrogens (tertiary/aromatic N) is 2. The lowest BCUT2D eigenvalue weighted by atomic mass is 10.0. The molecule has 1 heterocycles. The van der Waals surface area contributed by atoms with Gasteiger partial charge >= 0.3 is 0 Å². The van der Waals surface area contributed by atoms with E-state index in [2.05, 4.69) is 21.5 Å². The van der Waals surface area contributed by atoms with Crippen LogP contribution in [-0.2, 0) is 6.42 Å². The molecule has 164 valence electrons. The number of anilines is 1. The van der Waals surface area contributed by atoms with Gasteiger partial charge in [0.05, 0.1) is 24.5 Å². The van der Waals surface area contributed by atoms with Gasteiger partial charge in [-0.25, -0.2) is 0 Å². The average Bonchev–Trinajstić information content (AvgIpc) is 3.40. The minimum atomic E-state index is -0.767. The zero-order chi connectivity index (χ0) is 22.0. The topological polar surface area (TPSA) is 127 Å². The van der Waals surface area contributed by atoms with E-state index in [9.17, 15) is 5.11 Å². The van der Waals surface area contributed by atoms with Crippen molar-refractivity contribution in [1.29, 1.82) is 0 Å². The minimum absolute atomic E-state index is 0.0357. The summed E-state index contributed by atoms with van der Waals surface area (Å²) in [5, 5.41) is 26.2. The number of nitrogen functional groups attached to an aromatic ring is 1. The van der Waals surface area contributed by atoms with Crippen molar-refractivity contribution >= 4 is 5.69 Å². The summed E-state index contributed by atoms with van der Waals surface area (Å²) in [5.41, 5.74) is 10.6. The summed E-state index contributed by atoms with van der Waals surface area (Å²) >= 11 is 0. The van der Waals surface area contributed by atoms with Crippen LogP contribution in [0.2, 0.25) is 0 Å². The predicted molar refractivity (Wildman–Crippen MR) is 118 cm³/mol. The van der Waals surface area contributed by atoms with Crippen molar-refractivity contribution in [2.75, 3.05) is 18.9 Å². The van der Waals surface area contributed by atoms with Gasteiger partial charge in [0.2, 0.25) is 5.82 Å². The van der Waals surface area contributed by atoms with E-state index in [1.807, 2.05) is 38.1 Å². The lowest BCUT2D eigenvalue weighted by Crippen LogP contribution is -2.31. The summed E-state index contributed by atoms with van der Waals surface area (Å²) in [4.78, 5) is 4.60. The molecule has 3 aromatic rings. The molecular weight excluding hydrogens is 396 g/mol. The molecule has 0 saturated carbocycles. The smallest absolute Gasteiger partial charge is 0.258 e. The van der Waals surface area contributed by atoms with Crippen LogP contribution < -0.4 is 15.8 Å². The number of benzene rings is 2. The highest BCUT2D eigenvalue weighted by Crippen LogP contribution is 2.37. The van der Waals surface area contributed by atoms with Crippen LogP contribution >= 0.6 is 0 Å². The number of nitrogens with one attached hydrogen (secondary N) is 1. The Kier molecular flexibility index (Phi) is 6.22. The van der Waals surface area contributed by atoms with Crippen molar-refractivity contribution in [2.24, 2.45) is 0 Å². The summed E-state index contributed by atoms with van der Waals surface area (Å²) in [5.74, 6) is 1.56. The molecule has 1 aliphatic rings. The molecule has 0 saturated heterocycles. The Morgan fingerprint density at radius 1 is 1.29 bits per heavy atom. The predicted octanol–water partition coefficient (Wildman–Crippen LogP) is 2.70. The Morgan fingerprint density at radius 2 is 2.13 bits per heavy atom. The normalized spacial score (nSPS) is 16.5. The largest absolute Gasteiger partial charge is 0.489 e. The summed E-state index contributed by atoms with van der Waals surface area (Å²) in [6, 6.07) is 11.6. The van der Waals surface area contributed by atoms with Gasteiger partial charge in [0.25, 0.3) is 5.89 Å². The fraction of sp³-hybridized carbons (Fsp3) is 0.391. The third kappa shape index (κ3) is 4.56. The molecule has 4 rings (SSSR count). The number of fused-ring (bicyclic) bond motifs is 1. The lowest BCUT2D eigenvalue weighted by molar-refractivity contribution is 0.0919. The zero-order valence-electron chi connectivity index (χ0n) is 17.7. The molecule has 31 heavy (non-hydrogen) atoms. The van der Waals surface area contributed by atoms with Gasteiger partial charge in [0.15, 0.2) is 0 Å². The van der Waals surface area contributed by atoms with E-state index in [1.165, 1.54) is 5.56 Å². The van der Waals surface area contributed by atoms with Crippen LogP contribution in [0.4, 0.5) is 5.69 Å². The number of aromatic nitrogens is 2. The fourth-order valence-electron chi connectivity index (χ4n) is 3.91. The van der Waals surface area contributed by atoms with Crippen molar-refractivity contribution in [2.45, 2.75) is 44.9 Å². The molecule has 5 N–H and O–H groups in total. The molecule has 8 nitrogen and oxygen atoms in total. The second-order valence-corrected chi connectivity index (χ2v) is 8.05. The summed E-state index contributed by atoms with van der Waals surface area (Å²) in [6.07, 6.45) is 1.05. The number of hydrogen-bond donors (Lipinski definition) is 4. The van der Waals surface area contributed by atoms with Crippen molar-refractivity contribution in [3.05, 3.63) is 47.5 Å². The Bertz CT molecular complexity index is 1050. The number of hydrogen-bond acceptors (Lipinski definition) is 8. The Labute approximate surface area is 181 Å². The molecule has 1 aliphatic carbocycles. The van der Waals surface area contributed by atoms with Gasteiger partial charge in [-0.05, 0) is 56.0 Å². The lowest BCUT2D eigenvalue weighted by Gasteiger charge is -2.16. The van der Waals surface area contributed by atoms with Gasteiger partial charge in [-0.3, -0.25) is 0 Å². The van der Waals surface area contributed by atoms with Gasteiger partial charge in [0, 0.05) is 23.7 Å². The van der Waals surface area contributed by atoms with E-state index in [1.54, 1.807) is 6.07 Å². The van der Waals surface area contributed by atoms with Crippen LogP contribution in [0.5, 0.6) is 5.75 Å². The van der Waals surface area contributed by atoms with Crippen LogP contribution in [0.3, 0.4) is 0 Å². The van der Waals surface area contributed by atoms with Crippen LogP contribution in [-0.4, -0.2) is 45.7 Å². The molecular formula is C23H28N4O4. The second-order valence-electron chi connectivity index (χ2n) is 8.05. The van der Waals surface area contributed by atoms with E-state index < -0.39 is 6.10 Å². The van der Waals surface area contributed by atoms with E-state index in [-0.39, 0.29) is 18.8 Å². The first-order valence-corrected chi connectivity index (χ1v) is 10.5. The number of aliphatic hydroxyl groups is 2. The van der Waals surface area contributed by atoms with Crippen LogP contribution in [0.15, 0.2) is 40.9 Å².